The number of benzene rings is 1. The summed E-state index contributed by atoms with van der Waals surface area (Å²) in [7, 11) is 2.95. The lowest BCUT2D eigenvalue weighted by Gasteiger charge is -2.31. The number of methoxy groups -OCH3 is 2. The fraction of sp³-hybridized carbons (Fsp3) is 0.550. The number of carboxylic acid groups (broad SMARTS) is 1. The van der Waals surface area contributed by atoms with Gasteiger partial charge in [-0.3, -0.25) is 14.4 Å². The van der Waals surface area contributed by atoms with E-state index in [2.05, 4.69) is 5.32 Å². The van der Waals surface area contributed by atoms with Crippen molar-refractivity contribution in [2.45, 2.75) is 33.6 Å². The molecule has 0 bridgehead atoms. The first-order valence-electron chi connectivity index (χ1n) is 9.18. The van der Waals surface area contributed by atoms with E-state index in [9.17, 15) is 14.4 Å². The van der Waals surface area contributed by atoms with Crippen LogP contribution in [0.15, 0.2) is 12.1 Å². The Kier molecular flexibility index (Phi) is 6.53. The number of nitrogens with one attached hydrogen (secondary N) is 1. The van der Waals surface area contributed by atoms with E-state index >= 15 is 0 Å². The molecule has 1 saturated heterocycles. The lowest BCUT2D eigenvalue weighted by atomic mass is 9.95. The van der Waals surface area contributed by atoms with E-state index in [0.717, 1.165) is 0 Å². The maximum absolute atomic E-state index is 13.1. The molecule has 8 heteroatoms. The van der Waals surface area contributed by atoms with Gasteiger partial charge in [0.15, 0.2) is 11.5 Å². The Morgan fingerprint density at radius 1 is 1.07 bits per heavy atom. The summed E-state index contributed by atoms with van der Waals surface area (Å²) in [5.74, 6) is -1.02. The van der Waals surface area contributed by atoms with Gasteiger partial charge in [0.05, 0.1) is 31.4 Å². The minimum atomic E-state index is -0.837. The highest BCUT2D eigenvalue weighted by atomic mass is 16.5. The minimum Gasteiger partial charge on any atom is -0.493 e. The highest BCUT2D eigenvalue weighted by Gasteiger charge is 2.30. The van der Waals surface area contributed by atoms with Crippen molar-refractivity contribution in [3.63, 3.8) is 0 Å². The maximum Gasteiger partial charge on any atom is 0.306 e. The summed E-state index contributed by atoms with van der Waals surface area (Å²) in [6, 6.07) is 3.11. The zero-order chi connectivity index (χ0) is 21.1. The summed E-state index contributed by atoms with van der Waals surface area (Å²) in [4.78, 5) is 38.4. The number of hydrogen-bond acceptors (Lipinski definition) is 5. The van der Waals surface area contributed by atoms with Gasteiger partial charge in [-0.15, -0.1) is 0 Å². The molecule has 1 aromatic rings. The molecule has 0 unspecified atom stereocenters. The van der Waals surface area contributed by atoms with Crippen LogP contribution in [0, 0.1) is 11.3 Å². The Morgan fingerprint density at radius 2 is 1.61 bits per heavy atom. The Bertz CT molecular complexity index is 761. The lowest BCUT2D eigenvalue weighted by Crippen LogP contribution is -2.40. The first kappa shape index (κ1) is 21.5. The van der Waals surface area contributed by atoms with E-state index in [1.165, 1.54) is 14.2 Å². The number of rotatable bonds is 5. The molecule has 0 aliphatic carbocycles. The number of carbonyl (C=O) groups excluding carboxylic acids is 2. The van der Waals surface area contributed by atoms with Gasteiger partial charge < -0.3 is 24.8 Å². The van der Waals surface area contributed by atoms with Crippen LogP contribution < -0.4 is 14.8 Å². The molecule has 0 spiro atoms. The van der Waals surface area contributed by atoms with E-state index in [1.807, 2.05) is 0 Å². The van der Waals surface area contributed by atoms with Crippen LogP contribution in [-0.4, -0.2) is 55.1 Å². The average Bonchev–Trinajstić information content (AvgIpc) is 2.66. The summed E-state index contributed by atoms with van der Waals surface area (Å²) in [5.41, 5.74) is -0.0280. The number of nitrogens with zero attached hydrogens (tertiary/aromatic N) is 1. The van der Waals surface area contributed by atoms with Gasteiger partial charge in [0, 0.05) is 24.6 Å². The molecule has 1 heterocycles. The molecule has 1 fully saturated rings. The van der Waals surface area contributed by atoms with Crippen molar-refractivity contribution in [2.75, 3.05) is 32.6 Å². The smallest absolute Gasteiger partial charge is 0.306 e. The third-order valence-electron chi connectivity index (χ3n) is 4.81. The Balaban J connectivity index is 2.36. The third kappa shape index (κ3) is 4.74. The van der Waals surface area contributed by atoms with Crippen LogP contribution in [-0.2, 0) is 9.59 Å². The second-order valence-electron chi connectivity index (χ2n) is 7.86. The number of likely N-dealkylation sites (tertiary alicyclic amines) is 1. The molecule has 0 atom stereocenters. The zero-order valence-electron chi connectivity index (χ0n) is 17.0. The zero-order valence-corrected chi connectivity index (χ0v) is 17.0. The molecule has 2 amide bonds. The van der Waals surface area contributed by atoms with Crippen LogP contribution in [0.25, 0.3) is 0 Å². The molecule has 2 N–H and O–H groups in total. The molecule has 0 radical (unpaired) electrons. The molecular formula is C20H28N2O6. The average molecular weight is 392 g/mol. The highest BCUT2D eigenvalue weighted by Crippen LogP contribution is 2.35. The van der Waals surface area contributed by atoms with Crippen molar-refractivity contribution in [3.05, 3.63) is 17.7 Å². The van der Waals surface area contributed by atoms with Gasteiger partial charge in [-0.1, -0.05) is 20.8 Å². The van der Waals surface area contributed by atoms with Crippen LogP contribution in [0.3, 0.4) is 0 Å². The first-order chi connectivity index (χ1) is 13.1. The Morgan fingerprint density at radius 3 is 2.07 bits per heavy atom. The number of carbonyl (C=O) groups is 3. The standard InChI is InChI=1S/C20H28N2O6/c1-20(2,3)19(26)21-14-11-16(28-5)15(27-4)10-13(14)17(23)22-8-6-12(7-9-22)18(24)25/h10-12H,6-9H2,1-5H3,(H,21,26)(H,24,25). The van der Waals surface area contributed by atoms with Crippen molar-refractivity contribution >= 4 is 23.5 Å². The van der Waals surface area contributed by atoms with E-state index in [0.29, 0.717) is 43.1 Å². The Hall–Kier alpha value is -2.77. The lowest BCUT2D eigenvalue weighted by molar-refractivity contribution is -0.143. The van der Waals surface area contributed by atoms with Crippen LogP contribution in [0.2, 0.25) is 0 Å². The summed E-state index contributed by atoms with van der Waals surface area (Å²) in [5, 5.41) is 12.0. The Labute approximate surface area is 164 Å². The molecule has 0 aromatic heterocycles. The highest BCUT2D eigenvalue weighted by molar-refractivity contribution is 6.05. The SMILES string of the molecule is COc1cc(NC(=O)C(C)(C)C)c(C(=O)N2CCC(C(=O)O)CC2)cc1OC. The van der Waals surface area contributed by atoms with Gasteiger partial charge >= 0.3 is 5.97 Å². The molecule has 0 saturated carbocycles. The number of amides is 2. The summed E-state index contributed by atoms with van der Waals surface area (Å²) in [6.07, 6.45) is 0.802. The number of hydrogen-bond donors (Lipinski definition) is 2. The second kappa shape index (κ2) is 8.50. The second-order valence-corrected chi connectivity index (χ2v) is 7.86. The number of aliphatic carboxylic acids is 1. The fourth-order valence-electron chi connectivity index (χ4n) is 2.97. The van der Waals surface area contributed by atoms with Crippen molar-refractivity contribution in [2.24, 2.45) is 11.3 Å². The normalized spacial score (nSPS) is 15.1. The summed E-state index contributed by atoms with van der Waals surface area (Å²) >= 11 is 0. The van der Waals surface area contributed by atoms with Gasteiger partial charge in [0.2, 0.25) is 5.91 Å². The van der Waals surface area contributed by atoms with Crippen LogP contribution in [0.4, 0.5) is 5.69 Å². The molecule has 2 rings (SSSR count). The summed E-state index contributed by atoms with van der Waals surface area (Å²) in [6.45, 7) is 6.03. The molecular weight excluding hydrogens is 364 g/mol. The predicted octanol–water partition coefficient (Wildman–Crippen LogP) is 2.63. The van der Waals surface area contributed by atoms with Crippen LogP contribution in [0.1, 0.15) is 44.0 Å². The van der Waals surface area contributed by atoms with Crippen molar-refractivity contribution in [1.29, 1.82) is 0 Å². The molecule has 1 aliphatic heterocycles. The number of ether oxygens (including phenoxy) is 2. The van der Waals surface area contributed by atoms with Gasteiger partial charge in [-0.25, -0.2) is 0 Å². The van der Waals surface area contributed by atoms with Crippen LogP contribution in [0.5, 0.6) is 11.5 Å². The monoisotopic (exact) mass is 392 g/mol. The van der Waals surface area contributed by atoms with E-state index in [-0.39, 0.29) is 17.4 Å². The van der Waals surface area contributed by atoms with E-state index < -0.39 is 17.3 Å². The van der Waals surface area contributed by atoms with E-state index in [1.54, 1.807) is 37.8 Å². The van der Waals surface area contributed by atoms with Gasteiger partial charge in [-0.05, 0) is 18.9 Å². The van der Waals surface area contributed by atoms with Gasteiger partial charge in [-0.2, -0.15) is 0 Å². The predicted molar refractivity (Wildman–Crippen MR) is 104 cm³/mol. The third-order valence-corrected chi connectivity index (χ3v) is 4.81. The number of anilines is 1. The largest absolute Gasteiger partial charge is 0.493 e. The van der Waals surface area contributed by atoms with Crippen LogP contribution >= 0.6 is 0 Å². The van der Waals surface area contributed by atoms with Crippen molar-refractivity contribution in [1.82, 2.24) is 4.90 Å². The fourth-order valence-corrected chi connectivity index (χ4v) is 2.97. The maximum atomic E-state index is 13.1. The molecule has 28 heavy (non-hydrogen) atoms. The summed E-state index contributed by atoms with van der Waals surface area (Å²) < 4.78 is 10.6. The van der Waals surface area contributed by atoms with Crippen molar-refractivity contribution < 1.29 is 29.0 Å². The van der Waals surface area contributed by atoms with Gasteiger partial charge in [0.1, 0.15) is 0 Å². The minimum absolute atomic E-state index is 0.238. The first-order valence-corrected chi connectivity index (χ1v) is 9.18. The number of piperidine rings is 1. The molecule has 8 nitrogen and oxygen atoms in total. The topological polar surface area (TPSA) is 105 Å². The molecule has 1 aromatic carbocycles. The number of carboxylic acids is 1. The molecule has 154 valence electrons. The molecule has 1 aliphatic rings. The van der Waals surface area contributed by atoms with Crippen molar-refractivity contribution in [3.8, 4) is 11.5 Å². The quantitative estimate of drug-likeness (QED) is 0.798. The van der Waals surface area contributed by atoms with Gasteiger partial charge in [0.25, 0.3) is 5.91 Å². The van der Waals surface area contributed by atoms with E-state index in [4.69, 9.17) is 14.6 Å².